The second-order valence-electron chi connectivity index (χ2n) is 3.58. The molecule has 0 aliphatic rings. The molecule has 0 fully saturated rings. The number of methoxy groups -OCH3 is 1. The molecule has 0 amide bonds. The van der Waals surface area contributed by atoms with Crippen molar-refractivity contribution in [3.63, 3.8) is 0 Å². The highest BCUT2D eigenvalue weighted by atomic mass is 19.3. The highest BCUT2D eigenvalue weighted by Gasteiger charge is 2.50. The zero-order chi connectivity index (χ0) is 13.6. The van der Waals surface area contributed by atoms with Gasteiger partial charge in [-0.05, 0) is 13.3 Å². The fourth-order valence-electron chi connectivity index (χ4n) is 1.07. The minimum atomic E-state index is -3.85. The van der Waals surface area contributed by atoms with E-state index in [-0.39, 0.29) is 12.0 Å². The van der Waals surface area contributed by atoms with Gasteiger partial charge in [-0.15, -0.1) is 0 Å². The van der Waals surface area contributed by atoms with Gasteiger partial charge in [0, 0.05) is 5.57 Å². The normalized spacial score (nSPS) is 12.8. The Hall–Kier alpha value is -1.46. The van der Waals surface area contributed by atoms with Crippen LogP contribution in [0.2, 0.25) is 0 Å². The molecule has 0 aliphatic heterocycles. The lowest BCUT2D eigenvalue weighted by Crippen LogP contribution is -2.45. The van der Waals surface area contributed by atoms with Crippen LogP contribution < -0.4 is 0 Å². The molecule has 0 spiro atoms. The number of ether oxygens (including phenoxy) is 2. The Bertz CT molecular complexity index is 313. The molecule has 0 aliphatic carbocycles. The van der Waals surface area contributed by atoms with E-state index in [1.165, 1.54) is 6.92 Å². The third-order valence-electron chi connectivity index (χ3n) is 2.01. The summed E-state index contributed by atoms with van der Waals surface area (Å²) in [5.74, 6) is -6.52. The Morgan fingerprint density at radius 1 is 1.41 bits per heavy atom. The fraction of sp³-hybridized carbons (Fsp3) is 0.636. The number of carbonyl (C=O) groups excluding carboxylic acids is 2. The van der Waals surface area contributed by atoms with Gasteiger partial charge in [0.1, 0.15) is 0 Å². The summed E-state index contributed by atoms with van der Waals surface area (Å²) in [5.41, 5.74) is -0.00762. The first-order valence-corrected chi connectivity index (χ1v) is 5.10. The Labute approximate surface area is 98.6 Å². The SMILES string of the molecule is C=C(C)C(=O)OC(CCC)C(F)(F)C(=O)OC. The van der Waals surface area contributed by atoms with Gasteiger partial charge in [0.05, 0.1) is 7.11 Å². The second-order valence-corrected chi connectivity index (χ2v) is 3.58. The third kappa shape index (κ3) is 4.13. The van der Waals surface area contributed by atoms with Crippen LogP contribution in [-0.2, 0) is 19.1 Å². The van der Waals surface area contributed by atoms with Crippen molar-refractivity contribution in [1.82, 2.24) is 0 Å². The van der Waals surface area contributed by atoms with Crippen molar-refractivity contribution in [2.45, 2.75) is 38.7 Å². The van der Waals surface area contributed by atoms with Crippen LogP contribution >= 0.6 is 0 Å². The molecule has 4 nitrogen and oxygen atoms in total. The maximum atomic E-state index is 13.5. The van der Waals surface area contributed by atoms with E-state index in [0.717, 1.165) is 7.11 Å². The molecule has 0 heterocycles. The van der Waals surface area contributed by atoms with Gasteiger partial charge < -0.3 is 9.47 Å². The first-order valence-electron chi connectivity index (χ1n) is 5.10. The summed E-state index contributed by atoms with van der Waals surface area (Å²) in [6.07, 6.45) is -1.63. The van der Waals surface area contributed by atoms with Gasteiger partial charge >= 0.3 is 17.9 Å². The summed E-state index contributed by atoms with van der Waals surface area (Å²) < 4.78 is 35.6. The lowest BCUT2D eigenvalue weighted by molar-refractivity contribution is -0.195. The van der Waals surface area contributed by atoms with E-state index in [1.807, 2.05) is 0 Å². The topological polar surface area (TPSA) is 52.6 Å². The van der Waals surface area contributed by atoms with Crippen molar-refractivity contribution in [3.05, 3.63) is 12.2 Å². The van der Waals surface area contributed by atoms with E-state index >= 15 is 0 Å². The predicted octanol–water partition coefficient (Wildman–Crippen LogP) is 2.08. The molecule has 0 N–H and O–H groups in total. The van der Waals surface area contributed by atoms with Crippen LogP contribution in [0.1, 0.15) is 26.7 Å². The highest BCUT2D eigenvalue weighted by Crippen LogP contribution is 2.27. The van der Waals surface area contributed by atoms with Crippen molar-refractivity contribution < 1.29 is 27.8 Å². The monoisotopic (exact) mass is 250 g/mol. The first kappa shape index (κ1) is 15.5. The van der Waals surface area contributed by atoms with Crippen LogP contribution in [0, 0.1) is 0 Å². The Morgan fingerprint density at radius 2 is 1.94 bits per heavy atom. The third-order valence-corrected chi connectivity index (χ3v) is 2.01. The van der Waals surface area contributed by atoms with Crippen LogP contribution in [0.3, 0.4) is 0 Å². The van der Waals surface area contributed by atoms with Crippen molar-refractivity contribution >= 4 is 11.9 Å². The Kier molecular flexibility index (Phi) is 5.78. The predicted molar refractivity (Wildman–Crippen MR) is 56.6 cm³/mol. The van der Waals surface area contributed by atoms with Crippen molar-refractivity contribution in [2.24, 2.45) is 0 Å². The Balaban J connectivity index is 4.89. The van der Waals surface area contributed by atoms with E-state index in [4.69, 9.17) is 0 Å². The summed E-state index contributed by atoms with van der Waals surface area (Å²) in [7, 11) is 0.847. The smallest absolute Gasteiger partial charge is 0.380 e. The zero-order valence-electron chi connectivity index (χ0n) is 10.1. The molecule has 0 bridgehead atoms. The van der Waals surface area contributed by atoms with Gasteiger partial charge in [0.2, 0.25) is 0 Å². The summed E-state index contributed by atoms with van der Waals surface area (Å²) in [6, 6.07) is 0. The molecule has 0 saturated heterocycles. The molecule has 0 aromatic carbocycles. The van der Waals surface area contributed by atoms with Gasteiger partial charge in [0.15, 0.2) is 6.10 Å². The van der Waals surface area contributed by atoms with E-state index in [2.05, 4.69) is 16.1 Å². The van der Waals surface area contributed by atoms with Gasteiger partial charge in [-0.2, -0.15) is 8.78 Å². The van der Waals surface area contributed by atoms with E-state index < -0.39 is 24.0 Å². The maximum Gasteiger partial charge on any atom is 0.380 e. The maximum absolute atomic E-state index is 13.5. The number of rotatable bonds is 6. The number of hydrogen-bond donors (Lipinski definition) is 0. The molecule has 0 aromatic heterocycles. The minimum absolute atomic E-state index is 0.00762. The number of alkyl halides is 2. The van der Waals surface area contributed by atoms with Crippen LogP contribution in [-0.4, -0.2) is 31.1 Å². The lowest BCUT2D eigenvalue weighted by atomic mass is 10.1. The van der Waals surface area contributed by atoms with Gasteiger partial charge in [-0.1, -0.05) is 19.9 Å². The molecule has 0 aromatic rings. The molecule has 17 heavy (non-hydrogen) atoms. The molecule has 0 radical (unpaired) electrons. The lowest BCUT2D eigenvalue weighted by Gasteiger charge is -2.24. The summed E-state index contributed by atoms with van der Waals surface area (Å²) in [6.45, 7) is 6.25. The zero-order valence-corrected chi connectivity index (χ0v) is 10.1. The van der Waals surface area contributed by atoms with Crippen LogP contribution in [0.4, 0.5) is 8.78 Å². The average molecular weight is 250 g/mol. The van der Waals surface area contributed by atoms with Gasteiger partial charge in [-0.25, -0.2) is 9.59 Å². The van der Waals surface area contributed by atoms with E-state index in [9.17, 15) is 18.4 Å². The molecule has 1 unspecified atom stereocenters. The molecular formula is C11H16F2O4. The van der Waals surface area contributed by atoms with Gasteiger partial charge in [-0.3, -0.25) is 0 Å². The standard InChI is InChI=1S/C11H16F2O4/c1-5-6-8(17-9(14)7(2)3)11(12,13)10(15)16-4/h8H,2,5-6H2,1,3-4H3. The minimum Gasteiger partial charge on any atom is -0.464 e. The molecule has 0 rings (SSSR count). The largest absolute Gasteiger partial charge is 0.464 e. The quantitative estimate of drug-likeness (QED) is 0.535. The number of carbonyl (C=O) groups is 2. The number of hydrogen-bond acceptors (Lipinski definition) is 4. The summed E-state index contributed by atoms with van der Waals surface area (Å²) >= 11 is 0. The summed E-state index contributed by atoms with van der Waals surface area (Å²) in [5, 5.41) is 0. The Morgan fingerprint density at radius 3 is 2.29 bits per heavy atom. The number of esters is 2. The molecule has 1 atom stereocenters. The van der Waals surface area contributed by atoms with E-state index in [0.29, 0.717) is 6.42 Å². The second kappa shape index (κ2) is 6.32. The van der Waals surface area contributed by atoms with Crippen molar-refractivity contribution in [2.75, 3.05) is 7.11 Å². The van der Waals surface area contributed by atoms with Crippen LogP contribution in [0.25, 0.3) is 0 Å². The van der Waals surface area contributed by atoms with Gasteiger partial charge in [0.25, 0.3) is 0 Å². The summed E-state index contributed by atoms with van der Waals surface area (Å²) in [4.78, 5) is 22.1. The van der Waals surface area contributed by atoms with Crippen molar-refractivity contribution in [3.8, 4) is 0 Å². The molecular weight excluding hydrogens is 234 g/mol. The fourth-order valence-corrected chi connectivity index (χ4v) is 1.07. The molecule has 6 heteroatoms. The van der Waals surface area contributed by atoms with Crippen molar-refractivity contribution in [1.29, 1.82) is 0 Å². The van der Waals surface area contributed by atoms with Crippen LogP contribution in [0.15, 0.2) is 12.2 Å². The average Bonchev–Trinajstić information content (AvgIpc) is 2.26. The molecule has 0 saturated carbocycles. The van der Waals surface area contributed by atoms with E-state index in [1.54, 1.807) is 6.92 Å². The first-order chi connectivity index (χ1) is 7.77. The molecule has 98 valence electrons. The number of halogens is 2. The van der Waals surface area contributed by atoms with Crippen LogP contribution in [0.5, 0.6) is 0 Å². The highest BCUT2D eigenvalue weighted by molar-refractivity contribution is 5.87.